The van der Waals surface area contributed by atoms with E-state index in [2.05, 4.69) is 25.8 Å². The molecule has 8 heteroatoms. The minimum atomic E-state index is -0.428. The summed E-state index contributed by atoms with van der Waals surface area (Å²) in [6, 6.07) is 18.2. The summed E-state index contributed by atoms with van der Waals surface area (Å²) in [7, 11) is 0. The topological polar surface area (TPSA) is 88.8 Å². The molecule has 7 nitrogen and oxygen atoms in total. The second-order valence-corrected chi connectivity index (χ2v) is 8.46. The van der Waals surface area contributed by atoms with E-state index in [0.29, 0.717) is 35.8 Å². The van der Waals surface area contributed by atoms with Gasteiger partial charge in [-0.2, -0.15) is 0 Å². The van der Waals surface area contributed by atoms with Gasteiger partial charge >= 0.3 is 0 Å². The molecule has 1 fully saturated rings. The van der Waals surface area contributed by atoms with Gasteiger partial charge in [-0.25, -0.2) is 4.98 Å². The maximum Gasteiger partial charge on any atom is 0.259 e. The fourth-order valence-corrected chi connectivity index (χ4v) is 3.97. The SMILES string of the molecule is NC(=O)c1ccc(CN2CCN(C(=O)c3cccnc3Oc3cccc(Br)c3)CC2)cc1. The quantitative estimate of drug-likeness (QED) is 0.564. The summed E-state index contributed by atoms with van der Waals surface area (Å²) in [6.07, 6.45) is 1.62. The molecule has 2 heterocycles. The summed E-state index contributed by atoms with van der Waals surface area (Å²) < 4.78 is 6.79. The number of primary amides is 1. The highest BCUT2D eigenvalue weighted by Gasteiger charge is 2.25. The van der Waals surface area contributed by atoms with E-state index in [9.17, 15) is 9.59 Å². The molecule has 1 saturated heterocycles. The average molecular weight is 495 g/mol. The van der Waals surface area contributed by atoms with E-state index in [4.69, 9.17) is 10.5 Å². The molecule has 0 radical (unpaired) electrons. The number of piperazine rings is 1. The number of pyridine rings is 1. The van der Waals surface area contributed by atoms with Crippen molar-refractivity contribution in [1.82, 2.24) is 14.8 Å². The predicted octanol–water partition coefficient (Wildman–Crippen LogP) is 3.69. The van der Waals surface area contributed by atoms with Crippen LogP contribution in [0.2, 0.25) is 0 Å². The third-order valence-electron chi connectivity index (χ3n) is 5.32. The first-order valence-corrected chi connectivity index (χ1v) is 11.1. The maximum atomic E-state index is 13.2. The van der Waals surface area contributed by atoms with Crippen LogP contribution >= 0.6 is 15.9 Å². The Bertz CT molecular complexity index is 1110. The average Bonchev–Trinajstić information content (AvgIpc) is 2.80. The van der Waals surface area contributed by atoms with Gasteiger partial charge in [-0.05, 0) is 48.0 Å². The molecular weight excluding hydrogens is 472 g/mol. The predicted molar refractivity (Wildman–Crippen MR) is 125 cm³/mol. The van der Waals surface area contributed by atoms with Gasteiger partial charge < -0.3 is 15.4 Å². The van der Waals surface area contributed by atoms with Crippen LogP contribution in [-0.4, -0.2) is 52.8 Å². The molecule has 2 amide bonds. The first-order chi connectivity index (χ1) is 15.5. The number of benzene rings is 2. The minimum Gasteiger partial charge on any atom is -0.438 e. The van der Waals surface area contributed by atoms with Crippen molar-refractivity contribution in [3.8, 4) is 11.6 Å². The third-order valence-corrected chi connectivity index (χ3v) is 5.81. The van der Waals surface area contributed by atoms with Crippen molar-refractivity contribution in [2.75, 3.05) is 26.2 Å². The first-order valence-electron chi connectivity index (χ1n) is 10.3. The van der Waals surface area contributed by atoms with Gasteiger partial charge in [-0.15, -0.1) is 0 Å². The molecule has 0 bridgehead atoms. The molecule has 2 aromatic carbocycles. The molecule has 164 valence electrons. The van der Waals surface area contributed by atoms with Gasteiger partial charge in [0.25, 0.3) is 5.91 Å². The number of nitrogens with zero attached hydrogens (tertiary/aromatic N) is 3. The van der Waals surface area contributed by atoms with Crippen molar-refractivity contribution in [2.45, 2.75) is 6.54 Å². The van der Waals surface area contributed by atoms with Crippen LogP contribution in [0.15, 0.2) is 71.3 Å². The van der Waals surface area contributed by atoms with E-state index in [1.54, 1.807) is 30.5 Å². The van der Waals surface area contributed by atoms with Gasteiger partial charge in [-0.1, -0.05) is 34.1 Å². The van der Waals surface area contributed by atoms with Crippen LogP contribution in [0.3, 0.4) is 0 Å². The maximum absolute atomic E-state index is 13.2. The van der Waals surface area contributed by atoms with Crippen molar-refractivity contribution in [2.24, 2.45) is 5.73 Å². The molecule has 1 aliphatic rings. The lowest BCUT2D eigenvalue weighted by Crippen LogP contribution is -2.48. The van der Waals surface area contributed by atoms with E-state index in [1.165, 1.54) is 0 Å². The van der Waals surface area contributed by atoms with Crippen molar-refractivity contribution >= 4 is 27.7 Å². The summed E-state index contributed by atoms with van der Waals surface area (Å²) in [5, 5.41) is 0. The van der Waals surface area contributed by atoms with Crippen LogP contribution in [0.4, 0.5) is 0 Å². The van der Waals surface area contributed by atoms with Gasteiger partial charge in [0.15, 0.2) is 0 Å². The Hall–Kier alpha value is -3.23. The van der Waals surface area contributed by atoms with Gasteiger partial charge in [-0.3, -0.25) is 14.5 Å². The van der Waals surface area contributed by atoms with Crippen LogP contribution < -0.4 is 10.5 Å². The Kier molecular flexibility index (Phi) is 6.82. The molecule has 2 N–H and O–H groups in total. The van der Waals surface area contributed by atoms with E-state index in [1.807, 2.05) is 41.3 Å². The number of hydrogen-bond acceptors (Lipinski definition) is 5. The fourth-order valence-electron chi connectivity index (χ4n) is 3.59. The van der Waals surface area contributed by atoms with Crippen LogP contribution in [0, 0.1) is 0 Å². The lowest BCUT2D eigenvalue weighted by molar-refractivity contribution is 0.0625. The summed E-state index contributed by atoms with van der Waals surface area (Å²) in [5.41, 5.74) is 7.35. The van der Waals surface area contributed by atoms with E-state index < -0.39 is 5.91 Å². The molecule has 0 atom stereocenters. The minimum absolute atomic E-state index is 0.0893. The Balaban J connectivity index is 1.38. The molecular formula is C24H23BrN4O3. The van der Waals surface area contributed by atoms with E-state index >= 15 is 0 Å². The Morgan fingerprint density at radius 1 is 1.00 bits per heavy atom. The van der Waals surface area contributed by atoms with Crippen molar-refractivity contribution in [3.05, 3.63) is 88.0 Å². The third kappa shape index (κ3) is 5.33. The number of ether oxygens (including phenoxy) is 1. The summed E-state index contributed by atoms with van der Waals surface area (Å²) in [5.74, 6) is 0.391. The Labute approximate surface area is 194 Å². The standard InChI is InChI=1S/C24H23BrN4O3/c25-19-3-1-4-20(15-19)32-23-21(5-2-10-27-23)24(31)29-13-11-28(12-14-29)16-17-6-8-18(9-7-17)22(26)30/h1-10,15H,11-14,16H2,(H2,26,30). The van der Waals surface area contributed by atoms with Crippen LogP contribution in [0.5, 0.6) is 11.6 Å². The van der Waals surface area contributed by atoms with Crippen LogP contribution in [0.1, 0.15) is 26.3 Å². The molecule has 32 heavy (non-hydrogen) atoms. The van der Waals surface area contributed by atoms with Crippen molar-refractivity contribution in [3.63, 3.8) is 0 Å². The Morgan fingerprint density at radius 3 is 2.44 bits per heavy atom. The lowest BCUT2D eigenvalue weighted by atomic mass is 10.1. The normalized spacial score (nSPS) is 14.2. The first kappa shape index (κ1) is 22.0. The molecule has 0 saturated carbocycles. The van der Waals surface area contributed by atoms with Crippen molar-refractivity contribution in [1.29, 1.82) is 0 Å². The van der Waals surface area contributed by atoms with Gasteiger partial charge in [0, 0.05) is 49.0 Å². The zero-order valence-corrected chi connectivity index (χ0v) is 19.0. The van der Waals surface area contributed by atoms with Crippen LogP contribution in [-0.2, 0) is 6.54 Å². The van der Waals surface area contributed by atoms with Gasteiger partial charge in [0.05, 0.1) is 0 Å². The number of aromatic nitrogens is 1. The number of nitrogens with two attached hydrogens (primary N) is 1. The number of carbonyl (C=O) groups excluding carboxylic acids is 2. The molecule has 4 rings (SSSR count). The molecule has 1 aromatic heterocycles. The smallest absolute Gasteiger partial charge is 0.259 e. The zero-order valence-electron chi connectivity index (χ0n) is 17.4. The highest BCUT2D eigenvalue weighted by Crippen LogP contribution is 2.26. The number of carbonyl (C=O) groups is 2. The molecule has 0 aliphatic carbocycles. The fraction of sp³-hybridized carbons (Fsp3) is 0.208. The second kappa shape index (κ2) is 9.93. The monoisotopic (exact) mass is 494 g/mol. The van der Waals surface area contributed by atoms with Crippen LogP contribution in [0.25, 0.3) is 0 Å². The molecule has 0 unspecified atom stereocenters. The number of amides is 2. The van der Waals surface area contributed by atoms with E-state index in [0.717, 1.165) is 29.7 Å². The highest BCUT2D eigenvalue weighted by molar-refractivity contribution is 9.10. The lowest BCUT2D eigenvalue weighted by Gasteiger charge is -2.35. The summed E-state index contributed by atoms with van der Waals surface area (Å²) in [6.45, 7) is 3.49. The molecule has 1 aliphatic heterocycles. The largest absolute Gasteiger partial charge is 0.438 e. The second-order valence-electron chi connectivity index (χ2n) is 7.55. The van der Waals surface area contributed by atoms with Gasteiger partial charge in [0.1, 0.15) is 11.3 Å². The van der Waals surface area contributed by atoms with Crippen molar-refractivity contribution < 1.29 is 14.3 Å². The zero-order chi connectivity index (χ0) is 22.5. The number of rotatable bonds is 6. The number of hydrogen-bond donors (Lipinski definition) is 1. The Morgan fingerprint density at radius 2 is 1.75 bits per heavy atom. The van der Waals surface area contributed by atoms with Gasteiger partial charge in [0.2, 0.25) is 11.8 Å². The summed E-state index contributed by atoms with van der Waals surface area (Å²) in [4.78, 5) is 32.8. The number of halogens is 1. The van der Waals surface area contributed by atoms with E-state index in [-0.39, 0.29) is 5.91 Å². The molecule has 3 aromatic rings. The molecule has 0 spiro atoms. The highest BCUT2D eigenvalue weighted by atomic mass is 79.9. The summed E-state index contributed by atoms with van der Waals surface area (Å²) >= 11 is 3.42.